The van der Waals surface area contributed by atoms with E-state index in [9.17, 15) is 24.6 Å². The highest BCUT2D eigenvalue weighted by atomic mass is 16.5. The zero-order chi connectivity index (χ0) is 31.3. The Morgan fingerprint density at radius 1 is 0.571 bits per heavy atom. The van der Waals surface area contributed by atoms with Crippen LogP contribution in [-0.4, -0.2) is 60.7 Å². The van der Waals surface area contributed by atoms with Gasteiger partial charge in [0, 0.05) is 6.42 Å². The quantitative estimate of drug-likeness (QED) is 0.0495. The number of esters is 3. The first kappa shape index (κ1) is 40.3. The fraction of sp³-hybridized carbons (Fsp3) is 0.912. The van der Waals surface area contributed by atoms with Gasteiger partial charge >= 0.3 is 17.9 Å². The minimum absolute atomic E-state index is 0.133. The molecule has 0 amide bonds. The number of hydrogen-bond acceptors (Lipinski definition) is 8. The first-order chi connectivity index (χ1) is 20.4. The third-order valence-electron chi connectivity index (χ3n) is 7.85. The lowest BCUT2D eigenvalue weighted by molar-refractivity contribution is -0.153. The Morgan fingerprint density at radius 3 is 1.67 bits per heavy atom. The van der Waals surface area contributed by atoms with Crippen LogP contribution in [0.15, 0.2) is 0 Å². The van der Waals surface area contributed by atoms with Gasteiger partial charge in [-0.05, 0) is 46.0 Å². The molecule has 0 aromatic heterocycles. The van der Waals surface area contributed by atoms with E-state index in [4.69, 9.17) is 14.2 Å². The topological polar surface area (TPSA) is 119 Å². The molecule has 0 heterocycles. The van der Waals surface area contributed by atoms with Crippen molar-refractivity contribution >= 4 is 17.9 Å². The summed E-state index contributed by atoms with van der Waals surface area (Å²) in [6.45, 7) is 6.76. The van der Waals surface area contributed by atoms with Crippen LogP contribution in [0.4, 0.5) is 0 Å². The fourth-order valence-electron chi connectivity index (χ4n) is 5.22. The van der Waals surface area contributed by atoms with Crippen molar-refractivity contribution < 1.29 is 38.8 Å². The van der Waals surface area contributed by atoms with Crippen molar-refractivity contribution in [3.05, 3.63) is 0 Å². The van der Waals surface area contributed by atoms with Crippen LogP contribution in [0.3, 0.4) is 0 Å². The highest BCUT2D eigenvalue weighted by Gasteiger charge is 2.27. The molecule has 0 saturated carbocycles. The molecule has 0 bridgehead atoms. The van der Waals surface area contributed by atoms with Crippen molar-refractivity contribution in [2.24, 2.45) is 11.8 Å². The van der Waals surface area contributed by atoms with Crippen LogP contribution < -0.4 is 0 Å². The second kappa shape index (κ2) is 29.4. The molecule has 0 fully saturated rings. The molecule has 8 nitrogen and oxygen atoms in total. The van der Waals surface area contributed by atoms with Crippen molar-refractivity contribution in [2.75, 3.05) is 26.4 Å². The number of ether oxygens (including phenoxy) is 3. The fourth-order valence-corrected chi connectivity index (χ4v) is 5.22. The third-order valence-corrected chi connectivity index (χ3v) is 7.85. The summed E-state index contributed by atoms with van der Waals surface area (Å²) in [5.74, 6) is -1.54. The second-order valence-electron chi connectivity index (χ2n) is 11.6. The molecule has 3 atom stereocenters. The molecule has 3 unspecified atom stereocenters. The van der Waals surface area contributed by atoms with E-state index in [2.05, 4.69) is 6.92 Å². The molecule has 0 spiro atoms. The maximum absolute atomic E-state index is 12.4. The van der Waals surface area contributed by atoms with E-state index < -0.39 is 17.9 Å². The molecule has 248 valence electrons. The van der Waals surface area contributed by atoms with Gasteiger partial charge < -0.3 is 24.4 Å². The molecule has 0 aliphatic heterocycles. The number of aliphatic hydroxyl groups excluding tert-OH is 2. The molecule has 42 heavy (non-hydrogen) atoms. The van der Waals surface area contributed by atoms with Crippen LogP contribution in [0.25, 0.3) is 0 Å². The van der Waals surface area contributed by atoms with Gasteiger partial charge in [0.2, 0.25) is 0 Å². The van der Waals surface area contributed by atoms with Gasteiger partial charge in [0.25, 0.3) is 0 Å². The summed E-state index contributed by atoms with van der Waals surface area (Å²) in [4.78, 5) is 36.0. The van der Waals surface area contributed by atoms with Crippen molar-refractivity contribution in [1.29, 1.82) is 0 Å². The van der Waals surface area contributed by atoms with Gasteiger partial charge in [-0.15, -0.1) is 0 Å². The van der Waals surface area contributed by atoms with Crippen LogP contribution in [0, 0.1) is 11.8 Å². The number of carbonyl (C=O) groups is 3. The number of hydrogen-bond donors (Lipinski definition) is 2. The summed E-state index contributed by atoms with van der Waals surface area (Å²) in [5.41, 5.74) is 0. The predicted octanol–water partition coefficient (Wildman–Crippen LogP) is 7.45. The van der Waals surface area contributed by atoms with E-state index in [1.807, 2.05) is 0 Å². The lowest BCUT2D eigenvalue weighted by Crippen LogP contribution is -2.30. The lowest BCUT2D eigenvalue weighted by atomic mass is 9.91. The maximum atomic E-state index is 12.4. The Hall–Kier alpha value is -1.67. The SMILES string of the molecule is CCCCCCCCC(C(=O)OCC)C(O)CCCCCCCC(=O)OCCCCCCCCC(CO)C(=O)OCC. The molecule has 0 saturated heterocycles. The van der Waals surface area contributed by atoms with Crippen molar-refractivity contribution in [2.45, 2.75) is 162 Å². The zero-order valence-corrected chi connectivity index (χ0v) is 27.3. The normalized spacial score (nSPS) is 13.4. The molecule has 2 N–H and O–H groups in total. The van der Waals surface area contributed by atoms with Crippen molar-refractivity contribution in [1.82, 2.24) is 0 Å². The zero-order valence-electron chi connectivity index (χ0n) is 27.3. The molecule has 0 radical (unpaired) electrons. The van der Waals surface area contributed by atoms with Crippen LogP contribution in [0.2, 0.25) is 0 Å². The molecule has 0 rings (SSSR count). The molecular formula is C34H64O8. The Kier molecular flexibility index (Phi) is 28.2. The molecule has 0 aromatic rings. The van der Waals surface area contributed by atoms with Gasteiger partial charge in [-0.25, -0.2) is 0 Å². The van der Waals surface area contributed by atoms with E-state index in [1.165, 1.54) is 25.7 Å². The van der Waals surface area contributed by atoms with Crippen LogP contribution in [0.1, 0.15) is 156 Å². The number of unbranched alkanes of at least 4 members (excludes halogenated alkanes) is 14. The maximum Gasteiger partial charge on any atom is 0.311 e. The van der Waals surface area contributed by atoms with Gasteiger partial charge in [-0.2, -0.15) is 0 Å². The monoisotopic (exact) mass is 600 g/mol. The Balaban J connectivity index is 3.79. The van der Waals surface area contributed by atoms with Crippen molar-refractivity contribution in [3.63, 3.8) is 0 Å². The van der Waals surface area contributed by atoms with Gasteiger partial charge in [-0.3, -0.25) is 14.4 Å². The highest BCUT2D eigenvalue weighted by Crippen LogP contribution is 2.22. The van der Waals surface area contributed by atoms with Crippen molar-refractivity contribution in [3.8, 4) is 0 Å². The van der Waals surface area contributed by atoms with E-state index >= 15 is 0 Å². The van der Waals surface area contributed by atoms with E-state index in [-0.39, 0.29) is 24.5 Å². The molecule has 8 heteroatoms. The Labute approximate surface area is 256 Å². The van der Waals surface area contributed by atoms with E-state index in [0.717, 1.165) is 83.5 Å². The standard InChI is InChI=1S/C34H64O8/c1-4-7-8-9-14-19-24-30(34(39)41-6-3)31(36)25-20-15-12-16-21-26-32(37)42-27-22-17-11-10-13-18-23-29(28-35)33(38)40-5-2/h29-31,35-36H,4-28H2,1-3H3. The summed E-state index contributed by atoms with van der Waals surface area (Å²) in [6, 6.07) is 0. The van der Waals surface area contributed by atoms with Crippen LogP contribution in [0.5, 0.6) is 0 Å². The number of aliphatic hydroxyl groups is 2. The predicted molar refractivity (Wildman–Crippen MR) is 167 cm³/mol. The summed E-state index contributed by atoms with van der Waals surface area (Å²) >= 11 is 0. The van der Waals surface area contributed by atoms with Crippen LogP contribution in [-0.2, 0) is 28.6 Å². The Morgan fingerprint density at radius 2 is 1.07 bits per heavy atom. The Bertz CT molecular complexity index is 653. The molecule has 0 aliphatic carbocycles. The number of rotatable bonds is 30. The van der Waals surface area contributed by atoms with Crippen LogP contribution >= 0.6 is 0 Å². The summed E-state index contributed by atoms with van der Waals surface area (Å²) in [6.07, 6.45) is 19.2. The molecule has 0 aliphatic rings. The minimum Gasteiger partial charge on any atom is -0.466 e. The average Bonchev–Trinajstić information content (AvgIpc) is 2.97. The minimum atomic E-state index is -0.649. The summed E-state index contributed by atoms with van der Waals surface area (Å²) < 4.78 is 15.6. The smallest absolute Gasteiger partial charge is 0.311 e. The molecular weight excluding hydrogens is 536 g/mol. The first-order valence-corrected chi connectivity index (χ1v) is 17.2. The van der Waals surface area contributed by atoms with E-state index in [1.54, 1.807) is 13.8 Å². The highest BCUT2D eigenvalue weighted by molar-refractivity contribution is 5.73. The first-order valence-electron chi connectivity index (χ1n) is 17.2. The van der Waals surface area contributed by atoms with E-state index in [0.29, 0.717) is 45.5 Å². The van der Waals surface area contributed by atoms with Gasteiger partial charge in [0.05, 0.1) is 44.4 Å². The van der Waals surface area contributed by atoms with Gasteiger partial charge in [0.15, 0.2) is 0 Å². The third kappa shape index (κ3) is 22.9. The summed E-state index contributed by atoms with van der Waals surface area (Å²) in [5, 5.41) is 20.0. The van der Waals surface area contributed by atoms with Gasteiger partial charge in [0.1, 0.15) is 0 Å². The second-order valence-corrected chi connectivity index (χ2v) is 11.6. The molecule has 0 aromatic carbocycles. The lowest BCUT2D eigenvalue weighted by Gasteiger charge is -2.21. The average molecular weight is 601 g/mol. The van der Waals surface area contributed by atoms with Gasteiger partial charge in [-0.1, -0.05) is 103 Å². The summed E-state index contributed by atoms with van der Waals surface area (Å²) in [7, 11) is 0. The largest absolute Gasteiger partial charge is 0.466 e. The number of carbonyl (C=O) groups excluding carboxylic acids is 3.